The number of esters is 1. The molecule has 0 bridgehead atoms. The van der Waals surface area contributed by atoms with Gasteiger partial charge >= 0.3 is 18.0 Å². The van der Waals surface area contributed by atoms with Crippen LogP contribution >= 0.6 is 11.8 Å². The Labute approximate surface area is 115 Å². The van der Waals surface area contributed by atoms with Crippen molar-refractivity contribution >= 4 is 29.7 Å². The van der Waals surface area contributed by atoms with Crippen LogP contribution in [-0.2, 0) is 14.3 Å². The zero-order chi connectivity index (χ0) is 14.3. The van der Waals surface area contributed by atoms with Crippen LogP contribution < -0.4 is 10.6 Å². The number of carbonyl (C=O) groups is 3. The van der Waals surface area contributed by atoms with Crippen LogP contribution in [0.15, 0.2) is 0 Å². The Balaban J connectivity index is 2.36. The number of amides is 2. The highest BCUT2D eigenvalue weighted by molar-refractivity contribution is 7.99. The van der Waals surface area contributed by atoms with Gasteiger partial charge in [0.05, 0.1) is 7.11 Å². The molecule has 1 heterocycles. The fourth-order valence-corrected chi connectivity index (χ4v) is 2.81. The Kier molecular flexibility index (Phi) is 6.48. The fourth-order valence-electron chi connectivity index (χ4n) is 1.66. The number of ether oxygens (including phenoxy) is 1. The summed E-state index contributed by atoms with van der Waals surface area (Å²) in [6.07, 6.45) is 0.847. The van der Waals surface area contributed by atoms with Crippen LogP contribution in [-0.4, -0.2) is 53.8 Å². The highest BCUT2D eigenvalue weighted by atomic mass is 32.2. The number of carboxylic acid groups (broad SMARTS) is 1. The summed E-state index contributed by atoms with van der Waals surface area (Å²) in [5.41, 5.74) is 0. The first-order valence-electron chi connectivity index (χ1n) is 5.97. The van der Waals surface area contributed by atoms with Crippen molar-refractivity contribution < 1.29 is 24.2 Å². The topological polar surface area (TPSA) is 105 Å². The van der Waals surface area contributed by atoms with E-state index < -0.39 is 24.0 Å². The van der Waals surface area contributed by atoms with Gasteiger partial charge in [0.25, 0.3) is 0 Å². The lowest BCUT2D eigenvalue weighted by molar-refractivity contribution is -0.142. The first kappa shape index (κ1) is 15.6. The number of methoxy groups -OCH3 is 1. The maximum absolute atomic E-state index is 11.6. The van der Waals surface area contributed by atoms with Crippen molar-refractivity contribution in [3.8, 4) is 0 Å². The minimum Gasteiger partial charge on any atom is -0.480 e. The summed E-state index contributed by atoms with van der Waals surface area (Å²) in [5, 5.41) is 14.0. The van der Waals surface area contributed by atoms with E-state index in [0.717, 1.165) is 17.9 Å². The molecule has 0 aliphatic carbocycles. The van der Waals surface area contributed by atoms with E-state index in [9.17, 15) is 14.4 Å². The molecule has 0 aromatic carbocycles. The van der Waals surface area contributed by atoms with Crippen molar-refractivity contribution in [2.75, 3.05) is 18.6 Å². The smallest absolute Gasteiger partial charge is 0.326 e. The number of rotatable bonds is 6. The minimum atomic E-state index is -1.17. The average molecular weight is 290 g/mol. The van der Waals surface area contributed by atoms with Gasteiger partial charge in [-0.1, -0.05) is 0 Å². The lowest BCUT2D eigenvalue weighted by Gasteiger charge is -2.17. The van der Waals surface area contributed by atoms with Crippen LogP contribution in [0.3, 0.4) is 0 Å². The number of urea groups is 1. The van der Waals surface area contributed by atoms with E-state index in [1.807, 2.05) is 0 Å². The molecule has 2 atom stereocenters. The summed E-state index contributed by atoms with van der Waals surface area (Å²) in [7, 11) is 1.23. The van der Waals surface area contributed by atoms with Crippen molar-refractivity contribution in [2.24, 2.45) is 0 Å². The van der Waals surface area contributed by atoms with Crippen LogP contribution in [0.25, 0.3) is 0 Å². The van der Waals surface area contributed by atoms with Crippen molar-refractivity contribution in [3.63, 3.8) is 0 Å². The van der Waals surface area contributed by atoms with Gasteiger partial charge in [-0.05, 0) is 18.6 Å². The quantitative estimate of drug-likeness (QED) is 0.603. The largest absolute Gasteiger partial charge is 0.480 e. The summed E-state index contributed by atoms with van der Waals surface area (Å²) >= 11 is 1.75. The molecule has 0 aromatic heterocycles. The van der Waals surface area contributed by atoms with Gasteiger partial charge in [0, 0.05) is 18.2 Å². The van der Waals surface area contributed by atoms with Crippen LogP contribution in [0, 0.1) is 0 Å². The third-order valence-corrected chi connectivity index (χ3v) is 3.90. The summed E-state index contributed by atoms with van der Waals surface area (Å²) in [6, 6.07) is -1.52. The van der Waals surface area contributed by atoms with E-state index in [2.05, 4.69) is 15.4 Å². The predicted octanol–water partition coefficient (Wildman–Crippen LogP) is 0.198. The number of nitrogens with one attached hydrogen (secondary N) is 2. The molecule has 0 radical (unpaired) electrons. The van der Waals surface area contributed by atoms with Crippen molar-refractivity contribution in [1.82, 2.24) is 10.6 Å². The number of hydrogen-bond acceptors (Lipinski definition) is 5. The number of hydrogen-bond donors (Lipinski definition) is 3. The summed E-state index contributed by atoms with van der Waals surface area (Å²) in [4.78, 5) is 33.5. The maximum atomic E-state index is 11.6. The fraction of sp³-hybridized carbons (Fsp3) is 0.727. The van der Waals surface area contributed by atoms with Crippen LogP contribution in [0.5, 0.6) is 0 Å². The maximum Gasteiger partial charge on any atom is 0.326 e. The number of thioether (sulfide) groups is 1. The van der Waals surface area contributed by atoms with Crippen molar-refractivity contribution in [1.29, 1.82) is 0 Å². The molecule has 7 nitrogen and oxygen atoms in total. The molecule has 1 saturated heterocycles. The molecule has 8 heteroatoms. The second-order valence-electron chi connectivity index (χ2n) is 4.18. The average Bonchev–Trinajstić information content (AvgIpc) is 2.86. The van der Waals surface area contributed by atoms with E-state index in [-0.39, 0.29) is 18.9 Å². The van der Waals surface area contributed by atoms with E-state index in [1.54, 1.807) is 11.8 Å². The SMILES string of the molecule is COC(=O)CC[C@H](NC(=O)NC1CCSC1)C(=O)O. The Morgan fingerprint density at radius 1 is 1.47 bits per heavy atom. The Hall–Kier alpha value is -1.44. The van der Waals surface area contributed by atoms with E-state index >= 15 is 0 Å². The van der Waals surface area contributed by atoms with Gasteiger partial charge in [-0.2, -0.15) is 11.8 Å². The lowest BCUT2D eigenvalue weighted by Crippen LogP contribution is -2.49. The molecule has 1 unspecified atom stereocenters. The monoisotopic (exact) mass is 290 g/mol. The molecule has 0 aromatic rings. The first-order valence-corrected chi connectivity index (χ1v) is 7.12. The van der Waals surface area contributed by atoms with E-state index in [0.29, 0.717) is 0 Å². The number of carbonyl (C=O) groups excluding carboxylic acids is 2. The minimum absolute atomic E-state index is 0.00877. The molecule has 1 rings (SSSR count). The Morgan fingerprint density at radius 3 is 2.74 bits per heavy atom. The number of aliphatic carboxylic acids is 1. The van der Waals surface area contributed by atoms with Gasteiger partial charge in [-0.15, -0.1) is 0 Å². The van der Waals surface area contributed by atoms with Gasteiger partial charge in [-0.3, -0.25) is 4.79 Å². The third-order valence-electron chi connectivity index (χ3n) is 2.73. The zero-order valence-corrected chi connectivity index (χ0v) is 11.5. The van der Waals surface area contributed by atoms with Crippen LogP contribution in [0.4, 0.5) is 4.79 Å². The van der Waals surface area contributed by atoms with Gasteiger partial charge in [0.2, 0.25) is 0 Å². The van der Waals surface area contributed by atoms with Gasteiger partial charge < -0.3 is 20.5 Å². The second-order valence-corrected chi connectivity index (χ2v) is 5.33. The predicted molar refractivity (Wildman–Crippen MR) is 70.1 cm³/mol. The van der Waals surface area contributed by atoms with Crippen LogP contribution in [0.2, 0.25) is 0 Å². The van der Waals surface area contributed by atoms with Gasteiger partial charge in [0.1, 0.15) is 6.04 Å². The molecule has 0 saturated carbocycles. The van der Waals surface area contributed by atoms with Crippen molar-refractivity contribution in [3.05, 3.63) is 0 Å². The highest BCUT2D eigenvalue weighted by Gasteiger charge is 2.23. The molecule has 1 fully saturated rings. The zero-order valence-electron chi connectivity index (χ0n) is 10.7. The van der Waals surface area contributed by atoms with Gasteiger partial charge in [0.15, 0.2) is 0 Å². The summed E-state index contributed by atoms with van der Waals surface area (Å²) in [5.74, 6) is 0.170. The standard InChI is InChI=1S/C11H18N2O5S/c1-18-9(14)3-2-8(10(15)16)13-11(17)12-7-4-5-19-6-7/h7-8H,2-6H2,1H3,(H,15,16)(H2,12,13,17)/t7?,8-/m0/s1. The van der Waals surface area contributed by atoms with E-state index in [1.165, 1.54) is 7.11 Å². The lowest BCUT2D eigenvalue weighted by atomic mass is 10.1. The molecule has 3 N–H and O–H groups in total. The molecule has 1 aliphatic rings. The Morgan fingerprint density at radius 2 is 2.21 bits per heavy atom. The van der Waals surface area contributed by atoms with Crippen molar-refractivity contribution in [2.45, 2.75) is 31.3 Å². The molecule has 2 amide bonds. The molecule has 19 heavy (non-hydrogen) atoms. The number of carboxylic acids is 1. The molecule has 1 aliphatic heterocycles. The van der Waals surface area contributed by atoms with Crippen LogP contribution in [0.1, 0.15) is 19.3 Å². The molecular weight excluding hydrogens is 272 g/mol. The second kappa shape index (κ2) is 7.88. The Bertz CT molecular complexity index is 344. The summed E-state index contributed by atoms with van der Waals surface area (Å²) in [6.45, 7) is 0. The molecular formula is C11H18N2O5S. The molecule has 108 valence electrons. The van der Waals surface area contributed by atoms with Gasteiger partial charge in [-0.25, -0.2) is 9.59 Å². The van der Waals surface area contributed by atoms with E-state index in [4.69, 9.17) is 5.11 Å². The highest BCUT2D eigenvalue weighted by Crippen LogP contribution is 2.16. The first-order chi connectivity index (χ1) is 9.02. The normalized spacial score (nSPS) is 19.5. The molecule has 0 spiro atoms. The summed E-state index contributed by atoms with van der Waals surface area (Å²) < 4.78 is 4.43. The third kappa shape index (κ3) is 5.82.